The first-order chi connectivity index (χ1) is 4.83. The maximum Gasteiger partial charge on any atom is 0.235 e. The van der Waals surface area contributed by atoms with E-state index in [9.17, 15) is 4.79 Å². The molecule has 1 rings (SSSR count). The summed E-state index contributed by atoms with van der Waals surface area (Å²) in [6, 6.07) is 0.186. The van der Waals surface area contributed by atoms with Crippen molar-refractivity contribution in [2.24, 2.45) is 0 Å². The van der Waals surface area contributed by atoms with Crippen LogP contribution in [0.3, 0.4) is 0 Å². The number of carbonyl (C=O) groups excluding carboxylic acids is 1. The second kappa shape index (κ2) is 3.78. The smallest absolute Gasteiger partial charge is 0.235 e. The van der Waals surface area contributed by atoms with Crippen LogP contribution in [0.15, 0.2) is 0 Å². The van der Waals surface area contributed by atoms with E-state index in [1.165, 1.54) is 0 Å². The fraction of sp³-hybridized carbons (Fsp3) is 0.833. The molecular weight excluding hydrogens is 154 g/mol. The zero-order valence-corrected chi connectivity index (χ0v) is 6.36. The zero-order valence-electron chi connectivity index (χ0n) is 5.60. The highest BCUT2D eigenvalue weighted by Crippen LogP contribution is 2.02. The standard InChI is InChI=1S/C6H10ClNO2/c7-3-6(9)8-5-1-2-10-4-5/h5H,1-4H2,(H,8,9). The summed E-state index contributed by atoms with van der Waals surface area (Å²) in [5, 5.41) is 2.73. The van der Waals surface area contributed by atoms with Gasteiger partial charge in [0.25, 0.3) is 0 Å². The van der Waals surface area contributed by atoms with Crippen molar-refractivity contribution in [1.82, 2.24) is 5.32 Å². The number of hydrogen-bond donors (Lipinski definition) is 1. The lowest BCUT2D eigenvalue weighted by atomic mass is 10.3. The Kier molecular flexibility index (Phi) is 2.96. The van der Waals surface area contributed by atoms with E-state index in [1.54, 1.807) is 0 Å². The van der Waals surface area contributed by atoms with E-state index in [0.717, 1.165) is 13.0 Å². The summed E-state index contributed by atoms with van der Waals surface area (Å²) in [6.07, 6.45) is 0.905. The SMILES string of the molecule is O=C(CCl)NC1CCOC1. The predicted octanol–water partition coefficient (Wildman–Crippen LogP) is 0.130. The molecule has 0 aromatic rings. The number of halogens is 1. The van der Waals surface area contributed by atoms with Crippen LogP contribution in [-0.4, -0.2) is 31.0 Å². The number of ether oxygens (including phenoxy) is 1. The first-order valence-corrected chi connectivity index (χ1v) is 3.79. The Morgan fingerprint density at radius 2 is 2.60 bits per heavy atom. The molecule has 58 valence electrons. The number of hydrogen-bond acceptors (Lipinski definition) is 2. The summed E-state index contributed by atoms with van der Waals surface area (Å²) >= 11 is 5.28. The maximum absolute atomic E-state index is 10.7. The van der Waals surface area contributed by atoms with E-state index < -0.39 is 0 Å². The van der Waals surface area contributed by atoms with Gasteiger partial charge in [-0.1, -0.05) is 0 Å². The van der Waals surface area contributed by atoms with Crippen LogP contribution in [0, 0.1) is 0 Å². The van der Waals surface area contributed by atoms with Gasteiger partial charge in [0.05, 0.1) is 12.6 Å². The van der Waals surface area contributed by atoms with E-state index >= 15 is 0 Å². The monoisotopic (exact) mass is 163 g/mol. The van der Waals surface area contributed by atoms with Crippen molar-refractivity contribution in [3.63, 3.8) is 0 Å². The highest BCUT2D eigenvalue weighted by Gasteiger charge is 2.16. The highest BCUT2D eigenvalue weighted by atomic mass is 35.5. The number of alkyl halides is 1. The van der Waals surface area contributed by atoms with E-state index in [2.05, 4.69) is 5.32 Å². The van der Waals surface area contributed by atoms with Crippen molar-refractivity contribution < 1.29 is 9.53 Å². The highest BCUT2D eigenvalue weighted by molar-refractivity contribution is 6.27. The largest absolute Gasteiger partial charge is 0.379 e. The van der Waals surface area contributed by atoms with Crippen molar-refractivity contribution in [3.8, 4) is 0 Å². The molecular formula is C6H10ClNO2. The minimum absolute atomic E-state index is 0.0382. The topological polar surface area (TPSA) is 38.3 Å². The van der Waals surface area contributed by atoms with Crippen molar-refractivity contribution in [3.05, 3.63) is 0 Å². The molecule has 0 aliphatic carbocycles. The predicted molar refractivity (Wildman–Crippen MR) is 38.1 cm³/mol. The molecule has 1 aliphatic rings. The molecule has 1 N–H and O–H groups in total. The molecule has 0 saturated carbocycles. The van der Waals surface area contributed by atoms with E-state index in [0.29, 0.717) is 6.61 Å². The van der Waals surface area contributed by atoms with Crippen molar-refractivity contribution in [2.45, 2.75) is 12.5 Å². The van der Waals surface area contributed by atoms with Gasteiger partial charge in [-0.2, -0.15) is 0 Å². The average molecular weight is 164 g/mol. The van der Waals surface area contributed by atoms with Crippen LogP contribution in [0.4, 0.5) is 0 Å². The van der Waals surface area contributed by atoms with Gasteiger partial charge < -0.3 is 10.1 Å². The third-order valence-electron chi connectivity index (χ3n) is 1.42. The van der Waals surface area contributed by atoms with E-state index in [-0.39, 0.29) is 17.8 Å². The Morgan fingerprint density at radius 1 is 1.80 bits per heavy atom. The minimum Gasteiger partial charge on any atom is -0.379 e. The first-order valence-electron chi connectivity index (χ1n) is 3.26. The van der Waals surface area contributed by atoms with Gasteiger partial charge in [0.15, 0.2) is 0 Å². The van der Waals surface area contributed by atoms with Gasteiger partial charge in [0.2, 0.25) is 5.91 Å². The Bertz CT molecular complexity index is 123. The molecule has 1 aliphatic heterocycles. The molecule has 0 radical (unpaired) electrons. The van der Waals surface area contributed by atoms with Crippen LogP contribution in [0.25, 0.3) is 0 Å². The van der Waals surface area contributed by atoms with Gasteiger partial charge in [0.1, 0.15) is 5.88 Å². The van der Waals surface area contributed by atoms with Gasteiger partial charge in [-0.25, -0.2) is 0 Å². The molecule has 1 atom stereocenters. The number of nitrogens with one attached hydrogen (secondary N) is 1. The van der Waals surface area contributed by atoms with Gasteiger partial charge in [-0.15, -0.1) is 11.6 Å². The normalized spacial score (nSPS) is 24.7. The van der Waals surface area contributed by atoms with Crippen molar-refractivity contribution >= 4 is 17.5 Å². The van der Waals surface area contributed by atoms with Crippen LogP contribution in [0.1, 0.15) is 6.42 Å². The van der Waals surface area contributed by atoms with Crippen LogP contribution in [0.5, 0.6) is 0 Å². The third kappa shape index (κ3) is 2.15. The zero-order chi connectivity index (χ0) is 7.40. The summed E-state index contributed by atoms with van der Waals surface area (Å²) in [5.41, 5.74) is 0. The second-order valence-electron chi connectivity index (χ2n) is 2.26. The number of amides is 1. The molecule has 4 heteroatoms. The molecule has 10 heavy (non-hydrogen) atoms. The quantitative estimate of drug-likeness (QED) is 0.588. The molecule has 1 unspecified atom stereocenters. The molecule has 0 aromatic carbocycles. The summed E-state index contributed by atoms with van der Waals surface area (Å²) in [6.45, 7) is 1.37. The van der Waals surface area contributed by atoms with E-state index in [4.69, 9.17) is 16.3 Å². The summed E-state index contributed by atoms with van der Waals surface area (Å²) in [4.78, 5) is 10.7. The number of rotatable bonds is 2. The van der Waals surface area contributed by atoms with Crippen LogP contribution < -0.4 is 5.32 Å². The Balaban J connectivity index is 2.17. The van der Waals surface area contributed by atoms with E-state index in [1.807, 2.05) is 0 Å². The Hall–Kier alpha value is -0.280. The van der Waals surface area contributed by atoms with Gasteiger partial charge >= 0.3 is 0 Å². The molecule has 1 heterocycles. The summed E-state index contributed by atoms with van der Waals surface area (Å²) in [5.74, 6) is -0.0755. The minimum atomic E-state index is -0.114. The molecule has 3 nitrogen and oxygen atoms in total. The molecule has 1 amide bonds. The lowest BCUT2D eigenvalue weighted by Crippen LogP contribution is -2.35. The summed E-state index contributed by atoms with van der Waals surface area (Å²) in [7, 11) is 0. The maximum atomic E-state index is 10.7. The molecule has 0 aromatic heterocycles. The van der Waals surface area contributed by atoms with Gasteiger partial charge in [-0.05, 0) is 6.42 Å². The van der Waals surface area contributed by atoms with Crippen LogP contribution >= 0.6 is 11.6 Å². The lowest BCUT2D eigenvalue weighted by Gasteiger charge is -2.07. The summed E-state index contributed by atoms with van der Waals surface area (Å²) < 4.78 is 5.04. The van der Waals surface area contributed by atoms with Gasteiger partial charge in [0, 0.05) is 6.61 Å². The molecule has 1 saturated heterocycles. The Labute approximate surface area is 64.7 Å². The molecule has 0 spiro atoms. The van der Waals surface area contributed by atoms with Crippen molar-refractivity contribution in [1.29, 1.82) is 0 Å². The number of carbonyl (C=O) groups is 1. The third-order valence-corrected chi connectivity index (χ3v) is 1.66. The van der Waals surface area contributed by atoms with Gasteiger partial charge in [-0.3, -0.25) is 4.79 Å². The van der Waals surface area contributed by atoms with Crippen LogP contribution in [0.2, 0.25) is 0 Å². The van der Waals surface area contributed by atoms with Crippen molar-refractivity contribution in [2.75, 3.05) is 19.1 Å². The lowest BCUT2D eigenvalue weighted by molar-refractivity contribution is -0.119. The Morgan fingerprint density at radius 3 is 3.10 bits per heavy atom. The fourth-order valence-corrected chi connectivity index (χ4v) is 0.992. The fourth-order valence-electron chi connectivity index (χ4n) is 0.915. The average Bonchev–Trinajstić information content (AvgIpc) is 2.40. The second-order valence-corrected chi connectivity index (χ2v) is 2.53. The molecule has 0 bridgehead atoms. The van der Waals surface area contributed by atoms with Crippen LogP contribution in [-0.2, 0) is 9.53 Å². The molecule has 1 fully saturated rings. The first kappa shape index (κ1) is 7.82.